The second kappa shape index (κ2) is 4.68. The predicted molar refractivity (Wildman–Crippen MR) is 42.5 cm³/mol. The van der Waals surface area contributed by atoms with Crippen molar-refractivity contribution >= 4 is 17.9 Å². The molecule has 0 saturated heterocycles. The molecule has 0 aliphatic carbocycles. The minimum atomic E-state index is -0.768. The largest absolute Gasteiger partial charge is 0.404 e. The number of rotatable bonds is 3. The lowest BCUT2D eigenvalue weighted by molar-refractivity contribution is -0.104. The molecule has 2 N–H and O–H groups in total. The average Bonchev–Trinajstić information content (AvgIpc) is 2.05. The van der Waals surface area contributed by atoms with E-state index in [0.29, 0.717) is 6.29 Å². The summed E-state index contributed by atoms with van der Waals surface area (Å²) in [5, 5.41) is -0.322. The Balaban J connectivity index is 4.85. The second-order valence-corrected chi connectivity index (χ2v) is 1.98. The molecular weight excluding hydrogens is 169 g/mol. The molecule has 0 aromatic heterocycles. The molecule has 0 aromatic rings. The van der Waals surface area contributed by atoms with Crippen LogP contribution in [0, 0.1) is 0 Å². The highest BCUT2D eigenvalue weighted by Gasteiger charge is 2.04. The molecule has 0 saturated carbocycles. The third-order valence-electron chi connectivity index (χ3n) is 0.949. The predicted octanol–water partition coefficient (Wildman–Crippen LogP) is 1.63. The SMILES string of the molecule is C=C/C(F)=C(Cl)\C(C=O)=C/N. The minimum absolute atomic E-state index is 0.0935. The lowest BCUT2D eigenvalue weighted by Gasteiger charge is -1.94. The van der Waals surface area contributed by atoms with Crippen molar-refractivity contribution in [3.05, 3.63) is 35.3 Å². The van der Waals surface area contributed by atoms with Crippen LogP contribution < -0.4 is 5.73 Å². The number of nitrogens with two attached hydrogens (primary N) is 1. The Labute approximate surface area is 68.8 Å². The summed E-state index contributed by atoms with van der Waals surface area (Å²) < 4.78 is 12.5. The monoisotopic (exact) mass is 175 g/mol. The van der Waals surface area contributed by atoms with Crippen molar-refractivity contribution in [1.82, 2.24) is 0 Å². The molecule has 0 bridgehead atoms. The van der Waals surface area contributed by atoms with Crippen LogP contribution >= 0.6 is 11.6 Å². The van der Waals surface area contributed by atoms with Gasteiger partial charge in [0, 0.05) is 6.20 Å². The van der Waals surface area contributed by atoms with Crippen LogP contribution in [0.5, 0.6) is 0 Å². The lowest BCUT2D eigenvalue weighted by Crippen LogP contribution is -1.92. The highest BCUT2D eigenvalue weighted by atomic mass is 35.5. The molecule has 11 heavy (non-hydrogen) atoms. The second-order valence-electron chi connectivity index (χ2n) is 1.61. The van der Waals surface area contributed by atoms with Crippen LogP contribution in [0.4, 0.5) is 4.39 Å². The van der Waals surface area contributed by atoms with Gasteiger partial charge < -0.3 is 5.73 Å². The zero-order valence-corrected chi connectivity index (χ0v) is 6.44. The van der Waals surface area contributed by atoms with Gasteiger partial charge in [-0.25, -0.2) is 4.39 Å². The normalized spacial score (nSPS) is 13.8. The van der Waals surface area contributed by atoms with Crippen molar-refractivity contribution in [3.8, 4) is 0 Å². The first-order valence-electron chi connectivity index (χ1n) is 2.72. The molecule has 0 unspecified atom stereocenters. The van der Waals surface area contributed by atoms with Crippen LogP contribution in [-0.2, 0) is 4.79 Å². The summed E-state index contributed by atoms with van der Waals surface area (Å²) in [5.74, 6) is -0.768. The number of halogens is 2. The average molecular weight is 176 g/mol. The van der Waals surface area contributed by atoms with Crippen LogP contribution in [0.25, 0.3) is 0 Å². The van der Waals surface area contributed by atoms with Gasteiger partial charge in [0.2, 0.25) is 0 Å². The Morgan fingerprint density at radius 1 is 1.64 bits per heavy atom. The van der Waals surface area contributed by atoms with Gasteiger partial charge in [0.1, 0.15) is 5.83 Å². The Hall–Kier alpha value is -1.09. The molecule has 2 nitrogen and oxygen atoms in total. The van der Waals surface area contributed by atoms with Crippen LogP contribution in [-0.4, -0.2) is 6.29 Å². The molecule has 0 atom stereocenters. The fourth-order valence-electron chi connectivity index (χ4n) is 0.392. The summed E-state index contributed by atoms with van der Waals surface area (Å²) >= 11 is 5.35. The van der Waals surface area contributed by atoms with E-state index in [4.69, 9.17) is 17.3 Å². The fraction of sp³-hybridized carbons (Fsp3) is 0. The van der Waals surface area contributed by atoms with E-state index in [9.17, 15) is 9.18 Å². The van der Waals surface area contributed by atoms with Crippen LogP contribution in [0.15, 0.2) is 35.3 Å². The summed E-state index contributed by atoms with van der Waals surface area (Å²) in [4.78, 5) is 10.1. The van der Waals surface area contributed by atoms with Crippen molar-refractivity contribution in [1.29, 1.82) is 0 Å². The molecule has 0 rings (SSSR count). The van der Waals surface area contributed by atoms with Gasteiger partial charge in [0.05, 0.1) is 10.6 Å². The standard InChI is InChI=1S/C7H7ClFNO/c1-2-6(9)7(8)5(3-10)4-11/h2-4H,1,10H2/b5-3-,7-6-. The van der Waals surface area contributed by atoms with Gasteiger partial charge in [-0.3, -0.25) is 4.79 Å². The molecule has 0 fully saturated rings. The summed E-state index contributed by atoms with van der Waals surface area (Å²) in [6.45, 7) is 3.13. The minimum Gasteiger partial charge on any atom is -0.404 e. The van der Waals surface area contributed by atoms with Crippen molar-refractivity contribution in [2.75, 3.05) is 0 Å². The smallest absolute Gasteiger partial charge is 0.153 e. The number of carbonyl (C=O) groups is 1. The van der Waals surface area contributed by atoms with Crippen LogP contribution in [0.1, 0.15) is 0 Å². The third-order valence-corrected chi connectivity index (χ3v) is 1.35. The molecule has 4 heteroatoms. The Bertz CT molecular complexity index is 233. The van der Waals surface area contributed by atoms with E-state index < -0.39 is 5.83 Å². The molecule has 0 aliphatic rings. The van der Waals surface area contributed by atoms with Crippen molar-refractivity contribution in [3.63, 3.8) is 0 Å². The van der Waals surface area contributed by atoms with Gasteiger partial charge in [-0.05, 0) is 6.08 Å². The quantitative estimate of drug-likeness (QED) is 0.403. The van der Waals surface area contributed by atoms with Crippen LogP contribution in [0.2, 0.25) is 0 Å². The van der Waals surface area contributed by atoms with Gasteiger partial charge in [-0.1, -0.05) is 18.2 Å². The maximum atomic E-state index is 12.5. The first-order chi connectivity index (χ1) is 5.17. The number of allylic oxidation sites excluding steroid dienone is 4. The van der Waals surface area contributed by atoms with Crippen LogP contribution in [0.3, 0.4) is 0 Å². The summed E-state index contributed by atoms with van der Waals surface area (Å²) in [6, 6.07) is 0. The van der Waals surface area contributed by atoms with Gasteiger partial charge in [-0.2, -0.15) is 0 Å². The van der Waals surface area contributed by atoms with E-state index in [1.807, 2.05) is 0 Å². The molecular formula is C7H7ClFNO. The number of hydrogen-bond acceptors (Lipinski definition) is 2. The fourth-order valence-corrected chi connectivity index (χ4v) is 0.576. The lowest BCUT2D eigenvalue weighted by atomic mass is 10.3. The van der Waals surface area contributed by atoms with E-state index in [0.717, 1.165) is 12.3 Å². The van der Waals surface area contributed by atoms with Gasteiger partial charge in [0.15, 0.2) is 6.29 Å². The maximum Gasteiger partial charge on any atom is 0.153 e. The van der Waals surface area contributed by atoms with E-state index in [2.05, 4.69) is 6.58 Å². The zero-order chi connectivity index (χ0) is 8.85. The summed E-state index contributed by atoms with van der Waals surface area (Å²) in [6.07, 6.45) is 2.19. The first kappa shape index (κ1) is 9.91. The molecule has 0 radical (unpaired) electrons. The van der Waals surface area contributed by atoms with Gasteiger partial charge >= 0.3 is 0 Å². The Morgan fingerprint density at radius 3 is 2.45 bits per heavy atom. The summed E-state index contributed by atoms with van der Waals surface area (Å²) in [7, 11) is 0. The molecule has 0 spiro atoms. The van der Waals surface area contributed by atoms with Crippen molar-refractivity contribution in [2.45, 2.75) is 0 Å². The third kappa shape index (κ3) is 2.55. The number of hydrogen-bond donors (Lipinski definition) is 1. The van der Waals surface area contributed by atoms with E-state index in [1.54, 1.807) is 0 Å². The molecule has 0 amide bonds. The summed E-state index contributed by atoms with van der Waals surface area (Å²) in [5.41, 5.74) is 4.87. The zero-order valence-electron chi connectivity index (χ0n) is 5.68. The molecule has 60 valence electrons. The first-order valence-corrected chi connectivity index (χ1v) is 3.10. The highest BCUT2D eigenvalue weighted by Crippen LogP contribution is 2.18. The topological polar surface area (TPSA) is 43.1 Å². The maximum absolute atomic E-state index is 12.5. The van der Waals surface area contributed by atoms with E-state index in [1.165, 1.54) is 0 Å². The van der Waals surface area contributed by atoms with E-state index in [-0.39, 0.29) is 10.6 Å². The van der Waals surface area contributed by atoms with Gasteiger partial charge in [0.25, 0.3) is 0 Å². The highest BCUT2D eigenvalue weighted by molar-refractivity contribution is 6.34. The number of carbonyl (C=O) groups excluding carboxylic acids is 1. The Kier molecular flexibility index (Phi) is 4.22. The van der Waals surface area contributed by atoms with Gasteiger partial charge in [-0.15, -0.1) is 0 Å². The number of aldehydes is 1. The van der Waals surface area contributed by atoms with Crippen molar-refractivity contribution in [2.24, 2.45) is 5.73 Å². The molecule has 0 aliphatic heterocycles. The van der Waals surface area contributed by atoms with Crippen molar-refractivity contribution < 1.29 is 9.18 Å². The Morgan fingerprint density at radius 2 is 2.18 bits per heavy atom. The molecule has 0 heterocycles. The van der Waals surface area contributed by atoms with E-state index >= 15 is 0 Å². The molecule has 0 aromatic carbocycles.